The van der Waals surface area contributed by atoms with Gasteiger partial charge in [-0.2, -0.15) is 0 Å². The molecule has 1 aliphatic rings. The van der Waals surface area contributed by atoms with E-state index < -0.39 is 15.9 Å². The van der Waals surface area contributed by atoms with Crippen LogP contribution in [0.5, 0.6) is 0 Å². The number of amides is 1. The molecule has 2 aromatic rings. The summed E-state index contributed by atoms with van der Waals surface area (Å²) in [6, 6.07) is 17.5. The summed E-state index contributed by atoms with van der Waals surface area (Å²) in [5.74, 6) is 0. The van der Waals surface area contributed by atoms with Crippen LogP contribution < -0.4 is 9.80 Å². The van der Waals surface area contributed by atoms with E-state index in [1.165, 1.54) is 12.0 Å². The van der Waals surface area contributed by atoms with E-state index in [2.05, 4.69) is 37.4 Å². The van der Waals surface area contributed by atoms with Gasteiger partial charge >= 0.3 is 6.09 Å². The molecule has 0 bridgehead atoms. The fraction of sp³-hybridized carbons (Fsp3) is 0.370. The number of allylic oxidation sites excluding steroid dienone is 2. The standard InChI is InChI=1S/C27H34N2O4S/c1-5-18-29(24-10-8-7-9-11-24)21(3)23(16-17-28-27(30)33-19-6-2)20-26(29)22-12-14-25(15-13-22)34(4,31)32/h7-15,20H,5-6,16-19H2,1-4H3/p+1. The molecule has 1 N–H and O–H groups in total. The minimum Gasteiger partial charge on any atom is -0.450 e. The van der Waals surface area contributed by atoms with Gasteiger partial charge in [-0.1, -0.05) is 32.0 Å². The second kappa shape index (κ2) is 11.0. The lowest BCUT2D eigenvalue weighted by Gasteiger charge is -2.37. The van der Waals surface area contributed by atoms with Crippen molar-refractivity contribution < 1.29 is 17.9 Å². The van der Waals surface area contributed by atoms with Gasteiger partial charge in [-0.25, -0.2) is 17.7 Å². The lowest BCUT2D eigenvalue weighted by Crippen LogP contribution is -2.44. The van der Waals surface area contributed by atoms with E-state index >= 15 is 0 Å². The number of alkyl carbamates (subject to hydrolysis) is 1. The lowest BCUT2D eigenvalue weighted by atomic mass is 10.1. The van der Waals surface area contributed by atoms with Crippen LogP contribution in [0.25, 0.3) is 5.70 Å². The maximum absolute atomic E-state index is 12.0. The highest BCUT2D eigenvalue weighted by Crippen LogP contribution is 2.46. The average molecular weight is 484 g/mol. The number of hydrogen-bond acceptors (Lipinski definition) is 4. The van der Waals surface area contributed by atoms with Crippen LogP contribution in [0, 0.1) is 0 Å². The summed E-state index contributed by atoms with van der Waals surface area (Å²) in [6.07, 6.45) is 5.45. The molecule has 34 heavy (non-hydrogen) atoms. The molecule has 0 fully saturated rings. The first-order chi connectivity index (χ1) is 16.2. The van der Waals surface area contributed by atoms with E-state index in [-0.39, 0.29) is 0 Å². The first-order valence-electron chi connectivity index (χ1n) is 11.8. The molecule has 1 unspecified atom stereocenters. The summed E-state index contributed by atoms with van der Waals surface area (Å²) in [6.45, 7) is 8.04. The first kappa shape index (κ1) is 25.7. The lowest BCUT2D eigenvalue weighted by molar-refractivity contribution is 0.146. The van der Waals surface area contributed by atoms with Gasteiger partial charge in [0, 0.05) is 36.9 Å². The number of sulfone groups is 1. The number of nitrogens with zero attached hydrogens (tertiary/aromatic N) is 1. The molecule has 3 rings (SSSR count). The minimum atomic E-state index is -3.27. The zero-order valence-corrected chi connectivity index (χ0v) is 21.3. The number of benzene rings is 2. The molecule has 0 saturated carbocycles. The number of ether oxygens (including phenoxy) is 1. The summed E-state index contributed by atoms with van der Waals surface area (Å²) >= 11 is 0. The van der Waals surface area contributed by atoms with Crippen molar-refractivity contribution in [3.8, 4) is 0 Å². The van der Waals surface area contributed by atoms with E-state index in [0.717, 1.165) is 41.9 Å². The molecule has 0 aliphatic carbocycles. The molecule has 7 heteroatoms. The second-order valence-corrected chi connectivity index (χ2v) is 10.6. The number of carbonyl (C=O) groups excluding carboxylic acids is 1. The Morgan fingerprint density at radius 2 is 1.68 bits per heavy atom. The maximum Gasteiger partial charge on any atom is 0.407 e. The third-order valence-electron chi connectivity index (χ3n) is 6.19. The van der Waals surface area contributed by atoms with Gasteiger partial charge < -0.3 is 10.1 Å². The minimum absolute atomic E-state index is 0.308. The molecular weight excluding hydrogens is 448 g/mol. The molecule has 6 nitrogen and oxygen atoms in total. The van der Waals surface area contributed by atoms with Gasteiger partial charge in [-0.15, -0.1) is 0 Å². The van der Waals surface area contributed by atoms with Gasteiger partial charge in [-0.05, 0) is 55.7 Å². The molecule has 1 amide bonds. The molecule has 0 spiro atoms. The van der Waals surface area contributed by atoms with Crippen LogP contribution in [0.3, 0.4) is 0 Å². The zero-order valence-electron chi connectivity index (χ0n) is 20.5. The number of quaternary nitrogens is 1. The van der Waals surface area contributed by atoms with Crippen LogP contribution >= 0.6 is 0 Å². The Bertz CT molecular complexity index is 1170. The number of hydrogen-bond donors (Lipinski definition) is 1. The molecule has 1 heterocycles. The van der Waals surface area contributed by atoms with Crippen LogP contribution in [0.15, 0.2) is 76.8 Å². The Morgan fingerprint density at radius 3 is 2.26 bits per heavy atom. The SMILES string of the molecule is CCCOC(=O)NCCC1=C(C)[N+](CCC)(c2ccccc2)C(c2ccc(S(C)(=O)=O)cc2)=C1. The van der Waals surface area contributed by atoms with E-state index in [4.69, 9.17) is 4.74 Å². The average Bonchev–Trinajstić information content (AvgIpc) is 3.10. The Morgan fingerprint density at radius 1 is 1.00 bits per heavy atom. The van der Waals surface area contributed by atoms with Crippen LogP contribution in [0.1, 0.15) is 45.6 Å². The van der Waals surface area contributed by atoms with E-state index in [1.54, 1.807) is 12.1 Å². The Hall–Kier alpha value is -2.90. The Balaban J connectivity index is 2.02. The van der Waals surface area contributed by atoms with Crippen molar-refractivity contribution in [2.24, 2.45) is 0 Å². The quantitative estimate of drug-likeness (QED) is 0.443. The molecule has 0 radical (unpaired) electrons. The third-order valence-corrected chi connectivity index (χ3v) is 7.32. The Kier molecular flexibility index (Phi) is 8.33. The molecule has 1 aliphatic heterocycles. The molecule has 1 atom stereocenters. The summed E-state index contributed by atoms with van der Waals surface area (Å²) in [7, 11) is -3.27. The summed E-state index contributed by atoms with van der Waals surface area (Å²) in [5, 5.41) is 2.84. The van der Waals surface area contributed by atoms with E-state index in [1.807, 2.05) is 37.3 Å². The van der Waals surface area contributed by atoms with Crippen molar-refractivity contribution in [2.75, 3.05) is 26.0 Å². The molecule has 0 aromatic heterocycles. The second-order valence-electron chi connectivity index (χ2n) is 8.62. The highest BCUT2D eigenvalue weighted by Gasteiger charge is 2.43. The summed E-state index contributed by atoms with van der Waals surface area (Å²) in [5.41, 5.74) is 5.61. The number of nitrogens with one attached hydrogen (secondary N) is 1. The highest BCUT2D eigenvalue weighted by molar-refractivity contribution is 7.90. The van der Waals surface area contributed by atoms with Crippen molar-refractivity contribution in [2.45, 2.75) is 44.9 Å². The van der Waals surface area contributed by atoms with E-state index in [0.29, 0.717) is 29.0 Å². The van der Waals surface area contributed by atoms with Gasteiger partial charge in [0.1, 0.15) is 11.4 Å². The first-order valence-corrected chi connectivity index (χ1v) is 13.7. The van der Waals surface area contributed by atoms with Gasteiger partial charge in [-0.3, -0.25) is 0 Å². The predicted octanol–water partition coefficient (Wildman–Crippen LogP) is 5.66. The number of rotatable bonds is 10. The smallest absolute Gasteiger partial charge is 0.407 e. The molecular formula is C27H35N2O4S+. The summed E-state index contributed by atoms with van der Waals surface area (Å²) in [4.78, 5) is 12.2. The van der Waals surface area contributed by atoms with Gasteiger partial charge in [0.2, 0.25) is 0 Å². The monoisotopic (exact) mass is 483 g/mol. The zero-order chi connectivity index (χ0) is 24.8. The van der Waals surface area contributed by atoms with E-state index in [9.17, 15) is 13.2 Å². The Labute approximate surface area is 203 Å². The van der Waals surface area contributed by atoms with Gasteiger partial charge in [0.25, 0.3) is 0 Å². The van der Waals surface area contributed by atoms with Crippen LogP contribution in [0.2, 0.25) is 0 Å². The van der Waals surface area contributed by atoms with Crippen molar-refractivity contribution >= 4 is 27.3 Å². The van der Waals surface area contributed by atoms with Crippen LogP contribution in [-0.4, -0.2) is 40.5 Å². The third kappa shape index (κ3) is 5.42. The molecule has 182 valence electrons. The van der Waals surface area contributed by atoms with Crippen molar-refractivity contribution in [1.82, 2.24) is 9.80 Å². The predicted molar refractivity (Wildman–Crippen MR) is 138 cm³/mol. The van der Waals surface area contributed by atoms with Crippen LogP contribution in [-0.2, 0) is 14.6 Å². The fourth-order valence-corrected chi connectivity index (χ4v) is 5.18. The van der Waals surface area contributed by atoms with Crippen molar-refractivity contribution in [1.29, 1.82) is 0 Å². The van der Waals surface area contributed by atoms with Crippen molar-refractivity contribution in [3.05, 3.63) is 77.5 Å². The van der Waals surface area contributed by atoms with Crippen molar-refractivity contribution in [3.63, 3.8) is 0 Å². The fourth-order valence-electron chi connectivity index (χ4n) is 4.55. The molecule has 2 aromatic carbocycles. The largest absolute Gasteiger partial charge is 0.450 e. The van der Waals surface area contributed by atoms with Gasteiger partial charge in [0.15, 0.2) is 15.5 Å². The normalized spacial score (nSPS) is 18.1. The summed E-state index contributed by atoms with van der Waals surface area (Å²) < 4.78 is 29.7. The number of carbonyl (C=O) groups is 1. The molecule has 0 saturated heterocycles. The topological polar surface area (TPSA) is 72.5 Å². The maximum atomic E-state index is 12.0. The van der Waals surface area contributed by atoms with Crippen LogP contribution in [0.4, 0.5) is 10.5 Å². The van der Waals surface area contributed by atoms with Gasteiger partial charge in [0.05, 0.1) is 18.0 Å². The highest BCUT2D eigenvalue weighted by atomic mass is 32.2. The number of para-hydroxylation sites is 1.